The highest BCUT2D eigenvalue weighted by Crippen LogP contribution is 2.35. The van der Waals surface area contributed by atoms with Gasteiger partial charge in [0.2, 0.25) is 11.8 Å². The molecular formula is C22H35N5O2S. The number of carbonyl (C=O) groups is 2. The Balaban J connectivity index is 1.33. The van der Waals surface area contributed by atoms with Crippen molar-refractivity contribution in [1.82, 2.24) is 19.7 Å². The average molecular weight is 434 g/mol. The lowest BCUT2D eigenvalue weighted by Gasteiger charge is -2.38. The number of amides is 2. The van der Waals surface area contributed by atoms with Gasteiger partial charge in [0.15, 0.2) is 5.13 Å². The Morgan fingerprint density at radius 1 is 1.03 bits per heavy atom. The quantitative estimate of drug-likeness (QED) is 0.725. The second-order valence-corrected chi connectivity index (χ2v) is 10.0. The van der Waals surface area contributed by atoms with Gasteiger partial charge in [-0.25, -0.2) is 4.98 Å². The maximum atomic E-state index is 13.1. The monoisotopic (exact) mass is 433 g/mol. The van der Waals surface area contributed by atoms with Crippen molar-refractivity contribution in [2.45, 2.75) is 52.5 Å². The van der Waals surface area contributed by atoms with Crippen LogP contribution in [-0.2, 0) is 22.4 Å². The number of anilines is 1. The Kier molecular flexibility index (Phi) is 6.63. The van der Waals surface area contributed by atoms with E-state index in [-0.39, 0.29) is 11.8 Å². The van der Waals surface area contributed by atoms with Gasteiger partial charge in [-0.15, -0.1) is 11.3 Å². The van der Waals surface area contributed by atoms with Crippen LogP contribution in [0.2, 0.25) is 0 Å². The Morgan fingerprint density at radius 2 is 1.70 bits per heavy atom. The van der Waals surface area contributed by atoms with Crippen molar-refractivity contribution >= 4 is 28.3 Å². The topological polar surface area (TPSA) is 60.0 Å². The summed E-state index contributed by atoms with van der Waals surface area (Å²) >= 11 is 1.76. The largest absolute Gasteiger partial charge is 0.345 e. The molecule has 166 valence electrons. The van der Waals surface area contributed by atoms with Crippen molar-refractivity contribution in [3.63, 3.8) is 0 Å². The Bertz CT molecular complexity index is 764. The first-order valence-corrected chi connectivity index (χ1v) is 12.3. The van der Waals surface area contributed by atoms with E-state index in [1.54, 1.807) is 11.3 Å². The van der Waals surface area contributed by atoms with Gasteiger partial charge < -0.3 is 14.7 Å². The van der Waals surface area contributed by atoms with Gasteiger partial charge in [0.25, 0.3) is 0 Å². The number of fused-ring (bicyclic) bond motifs is 1. The summed E-state index contributed by atoms with van der Waals surface area (Å²) in [5.74, 6) is 0.685. The van der Waals surface area contributed by atoms with Crippen molar-refractivity contribution in [1.29, 1.82) is 0 Å². The molecule has 0 saturated carbocycles. The maximum absolute atomic E-state index is 13.1. The SMILES string of the molecule is CCC(=O)N1CCN(c2nc3c(s2)CC(C(=O)N2CCN(C(C)C)CC2)CC3)CC1. The zero-order chi connectivity index (χ0) is 21.3. The summed E-state index contributed by atoms with van der Waals surface area (Å²) in [6, 6.07) is 0.553. The second-order valence-electron chi connectivity index (χ2n) is 8.98. The summed E-state index contributed by atoms with van der Waals surface area (Å²) in [7, 11) is 0. The van der Waals surface area contributed by atoms with Crippen molar-refractivity contribution in [3.05, 3.63) is 10.6 Å². The molecule has 8 heteroatoms. The molecule has 1 aromatic heterocycles. The van der Waals surface area contributed by atoms with Crippen LogP contribution in [0.4, 0.5) is 5.13 Å². The Hall–Kier alpha value is -1.67. The number of hydrogen-bond acceptors (Lipinski definition) is 6. The molecule has 3 aliphatic rings. The van der Waals surface area contributed by atoms with Gasteiger partial charge in [-0.3, -0.25) is 14.5 Å². The molecule has 2 fully saturated rings. The zero-order valence-electron chi connectivity index (χ0n) is 18.6. The van der Waals surface area contributed by atoms with Crippen LogP contribution in [0, 0.1) is 5.92 Å². The third-order valence-electron chi connectivity index (χ3n) is 6.84. The van der Waals surface area contributed by atoms with Gasteiger partial charge >= 0.3 is 0 Å². The number of carbonyl (C=O) groups excluding carboxylic acids is 2. The van der Waals surface area contributed by atoms with Gasteiger partial charge in [-0.05, 0) is 33.1 Å². The van der Waals surface area contributed by atoms with Gasteiger partial charge in [-0.2, -0.15) is 0 Å². The molecule has 0 aromatic carbocycles. The minimum absolute atomic E-state index is 0.107. The first kappa shape index (κ1) is 21.6. The highest BCUT2D eigenvalue weighted by atomic mass is 32.1. The van der Waals surface area contributed by atoms with Crippen LogP contribution in [0.15, 0.2) is 0 Å². The number of nitrogens with zero attached hydrogens (tertiary/aromatic N) is 5. The molecule has 7 nitrogen and oxygen atoms in total. The van der Waals surface area contributed by atoms with E-state index in [1.807, 2.05) is 11.8 Å². The highest BCUT2D eigenvalue weighted by Gasteiger charge is 2.33. The molecule has 2 aliphatic heterocycles. The highest BCUT2D eigenvalue weighted by molar-refractivity contribution is 7.15. The van der Waals surface area contributed by atoms with Gasteiger partial charge in [-0.1, -0.05) is 6.92 Å². The zero-order valence-corrected chi connectivity index (χ0v) is 19.4. The third kappa shape index (κ3) is 4.49. The number of hydrogen-bond donors (Lipinski definition) is 0. The second kappa shape index (κ2) is 9.22. The van der Waals surface area contributed by atoms with Crippen molar-refractivity contribution in [3.8, 4) is 0 Å². The maximum Gasteiger partial charge on any atom is 0.226 e. The molecule has 0 radical (unpaired) electrons. The predicted octanol–water partition coefficient (Wildman–Crippen LogP) is 1.86. The van der Waals surface area contributed by atoms with Crippen molar-refractivity contribution < 1.29 is 9.59 Å². The third-order valence-corrected chi connectivity index (χ3v) is 8.02. The van der Waals surface area contributed by atoms with Crippen LogP contribution in [0.5, 0.6) is 0 Å². The Labute approximate surface area is 184 Å². The van der Waals surface area contributed by atoms with E-state index >= 15 is 0 Å². The summed E-state index contributed by atoms with van der Waals surface area (Å²) < 4.78 is 0. The summed E-state index contributed by atoms with van der Waals surface area (Å²) in [4.78, 5) is 40.0. The van der Waals surface area contributed by atoms with Gasteiger partial charge in [0, 0.05) is 75.6 Å². The van der Waals surface area contributed by atoms with E-state index < -0.39 is 0 Å². The molecule has 1 aliphatic carbocycles. The smallest absolute Gasteiger partial charge is 0.226 e. The molecule has 0 spiro atoms. The molecule has 30 heavy (non-hydrogen) atoms. The fourth-order valence-electron chi connectivity index (χ4n) is 4.80. The normalized spacial score (nSPS) is 23.1. The lowest BCUT2D eigenvalue weighted by atomic mass is 9.90. The number of rotatable bonds is 4. The summed E-state index contributed by atoms with van der Waals surface area (Å²) in [6.45, 7) is 13.3. The lowest BCUT2D eigenvalue weighted by molar-refractivity contribution is -0.138. The van der Waals surface area contributed by atoms with Crippen molar-refractivity contribution in [2.24, 2.45) is 5.92 Å². The minimum Gasteiger partial charge on any atom is -0.345 e. The average Bonchev–Trinajstić information content (AvgIpc) is 3.21. The van der Waals surface area contributed by atoms with Crippen LogP contribution < -0.4 is 4.90 Å². The van der Waals surface area contributed by atoms with Gasteiger partial charge in [0.1, 0.15) is 0 Å². The van der Waals surface area contributed by atoms with Crippen LogP contribution in [0.3, 0.4) is 0 Å². The number of piperazine rings is 2. The summed E-state index contributed by atoms with van der Waals surface area (Å²) in [6.07, 6.45) is 3.23. The van der Waals surface area contributed by atoms with Crippen LogP contribution >= 0.6 is 11.3 Å². The molecule has 1 aromatic rings. The van der Waals surface area contributed by atoms with E-state index in [1.165, 1.54) is 10.6 Å². The lowest BCUT2D eigenvalue weighted by Crippen LogP contribution is -2.52. The first-order chi connectivity index (χ1) is 14.5. The van der Waals surface area contributed by atoms with E-state index in [9.17, 15) is 9.59 Å². The van der Waals surface area contributed by atoms with E-state index in [0.717, 1.165) is 76.8 Å². The standard InChI is InChI=1S/C22H35N5O2S/c1-4-20(28)25-9-13-27(14-10-25)22-23-18-6-5-17(15-19(18)30-22)21(29)26-11-7-24(8-12-26)16(2)3/h16-17H,4-15H2,1-3H3. The van der Waals surface area contributed by atoms with Gasteiger partial charge in [0.05, 0.1) is 5.69 Å². The van der Waals surface area contributed by atoms with Crippen LogP contribution in [-0.4, -0.2) is 89.9 Å². The van der Waals surface area contributed by atoms with E-state index in [4.69, 9.17) is 4.98 Å². The molecule has 1 atom stereocenters. The fourth-order valence-corrected chi connectivity index (χ4v) is 6.03. The molecular weight excluding hydrogens is 398 g/mol. The first-order valence-electron chi connectivity index (χ1n) is 11.5. The summed E-state index contributed by atoms with van der Waals surface area (Å²) in [5, 5.41) is 1.07. The summed E-state index contributed by atoms with van der Waals surface area (Å²) in [5.41, 5.74) is 1.19. The van der Waals surface area contributed by atoms with Crippen LogP contribution in [0.1, 0.15) is 44.2 Å². The fraction of sp³-hybridized carbons (Fsp3) is 0.773. The molecule has 4 rings (SSSR count). The molecule has 1 unspecified atom stereocenters. The number of aromatic nitrogens is 1. The molecule has 0 N–H and O–H groups in total. The molecule has 2 amide bonds. The molecule has 3 heterocycles. The predicted molar refractivity (Wildman–Crippen MR) is 120 cm³/mol. The number of thiazole rings is 1. The van der Waals surface area contributed by atoms with Crippen LogP contribution in [0.25, 0.3) is 0 Å². The van der Waals surface area contributed by atoms with E-state index in [0.29, 0.717) is 18.4 Å². The molecule has 2 saturated heterocycles. The Morgan fingerprint density at radius 3 is 2.33 bits per heavy atom. The number of aryl methyl sites for hydroxylation is 1. The molecule has 0 bridgehead atoms. The minimum atomic E-state index is 0.107. The van der Waals surface area contributed by atoms with E-state index in [2.05, 4.69) is 28.5 Å². The van der Waals surface area contributed by atoms with Crippen molar-refractivity contribution in [2.75, 3.05) is 57.3 Å².